The van der Waals surface area contributed by atoms with E-state index in [0.717, 1.165) is 24.6 Å². The van der Waals surface area contributed by atoms with E-state index in [-0.39, 0.29) is 0 Å². The molecule has 1 aromatic carbocycles. The molecule has 1 N–H and O–H groups in total. The molecular weight excluding hydrogens is 222 g/mol. The van der Waals surface area contributed by atoms with Gasteiger partial charge in [0.15, 0.2) is 0 Å². The van der Waals surface area contributed by atoms with Crippen LogP contribution in [-0.2, 0) is 6.42 Å². The minimum atomic E-state index is 0.548. The third-order valence-electron chi connectivity index (χ3n) is 4.57. The molecule has 1 aliphatic heterocycles. The number of nitrogens with one attached hydrogen (secondary N) is 1. The summed E-state index contributed by atoms with van der Waals surface area (Å²) in [5, 5.41) is 3.70. The van der Waals surface area contributed by atoms with Crippen molar-refractivity contribution in [2.45, 2.75) is 44.6 Å². The molecule has 2 heteroatoms. The van der Waals surface area contributed by atoms with E-state index in [1.54, 1.807) is 7.11 Å². The SMILES string of the molecule is COc1cccc2c1CCNC2CC1CCCC1. The van der Waals surface area contributed by atoms with Crippen molar-refractivity contribution >= 4 is 0 Å². The van der Waals surface area contributed by atoms with Crippen molar-refractivity contribution in [2.75, 3.05) is 13.7 Å². The predicted octanol–water partition coefficient (Wildman–Crippen LogP) is 3.46. The zero-order valence-corrected chi connectivity index (χ0v) is 11.2. The van der Waals surface area contributed by atoms with E-state index in [4.69, 9.17) is 4.74 Å². The Morgan fingerprint density at radius 2 is 2.11 bits per heavy atom. The van der Waals surface area contributed by atoms with Gasteiger partial charge in [-0.25, -0.2) is 0 Å². The van der Waals surface area contributed by atoms with Crippen LogP contribution in [0.2, 0.25) is 0 Å². The molecule has 1 aromatic rings. The molecule has 1 atom stereocenters. The summed E-state index contributed by atoms with van der Waals surface area (Å²) in [5.41, 5.74) is 2.91. The molecule has 2 aliphatic rings. The molecule has 1 unspecified atom stereocenters. The second-order valence-corrected chi connectivity index (χ2v) is 5.67. The molecule has 1 heterocycles. The topological polar surface area (TPSA) is 21.3 Å². The van der Waals surface area contributed by atoms with E-state index in [9.17, 15) is 0 Å². The van der Waals surface area contributed by atoms with Gasteiger partial charge in [0.2, 0.25) is 0 Å². The zero-order chi connectivity index (χ0) is 12.4. The van der Waals surface area contributed by atoms with Crippen molar-refractivity contribution < 1.29 is 4.74 Å². The second kappa shape index (κ2) is 5.31. The molecule has 1 saturated carbocycles. The normalized spacial score (nSPS) is 23.9. The first-order chi connectivity index (χ1) is 8.88. The number of rotatable bonds is 3. The Labute approximate surface area is 110 Å². The molecule has 98 valence electrons. The van der Waals surface area contributed by atoms with Crippen molar-refractivity contribution in [3.8, 4) is 5.75 Å². The Morgan fingerprint density at radius 3 is 2.89 bits per heavy atom. The monoisotopic (exact) mass is 245 g/mol. The fourth-order valence-electron chi connectivity index (χ4n) is 3.64. The summed E-state index contributed by atoms with van der Waals surface area (Å²) in [6, 6.07) is 7.05. The third-order valence-corrected chi connectivity index (χ3v) is 4.57. The van der Waals surface area contributed by atoms with Gasteiger partial charge in [0.1, 0.15) is 5.75 Å². The van der Waals surface area contributed by atoms with Crippen LogP contribution < -0.4 is 10.1 Å². The number of methoxy groups -OCH3 is 1. The number of fused-ring (bicyclic) bond motifs is 1. The molecule has 0 spiro atoms. The van der Waals surface area contributed by atoms with Gasteiger partial charge in [0.25, 0.3) is 0 Å². The number of benzene rings is 1. The Morgan fingerprint density at radius 1 is 1.28 bits per heavy atom. The summed E-state index contributed by atoms with van der Waals surface area (Å²) in [6.45, 7) is 1.09. The van der Waals surface area contributed by atoms with Gasteiger partial charge < -0.3 is 10.1 Å². The van der Waals surface area contributed by atoms with Crippen molar-refractivity contribution in [2.24, 2.45) is 5.92 Å². The van der Waals surface area contributed by atoms with Gasteiger partial charge in [-0.1, -0.05) is 37.8 Å². The van der Waals surface area contributed by atoms with Gasteiger partial charge in [-0.05, 0) is 36.9 Å². The first-order valence-corrected chi connectivity index (χ1v) is 7.27. The largest absolute Gasteiger partial charge is 0.496 e. The Kier molecular flexibility index (Phi) is 3.55. The van der Waals surface area contributed by atoms with Crippen LogP contribution in [-0.4, -0.2) is 13.7 Å². The average Bonchev–Trinajstić information content (AvgIpc) is 2.91. The standard InChI is InChI=1S/C16H23NO/c1-18-16-8-4-7-13-14(16)9-10-17-15(13)11-12-5-2-3-6-12/h4,7-8,12,15,17H,2-3,5-6,9-11H2,1H3. The highest BCUT2D eigenvalue weighted by Crippen LogP contribution is 2.37. The fourth-order valence-corrected chi connectivity index (χ4v) is 3.64. The maximum Gasteiger partial charge on any atom is 0.122 e. The van der Waals surface area contributed by atoms with Gasteiger partial charge >= 0.3 is 0 Å². The molecule has 3 rings (SSSR count). The Hall–Kier alpha value is -1.02. The first-order valence-electron chi connectivity index (χ1n) is 7.27. The molecule has 0 bridgehead atoms. The van der Waals surface area contributed by atoms with Crippen LogP contribution >= 0.6 is 0 Å². The highest BCUT2D eigenvalue weighted by Gasteiger charge is 2.26. The Bertz CT molecular complexity index is 410. The van der Waals surface area contributed by atoms with Crippen molar-refractivity contribution in [1.29, 1.82) is 0 Å². The summed E-state index contributed by atoms with van der Waals surface area (Å²) < 4.78 is 5.50. The van der Waals surface area contributed by atoms with E-state index in [1.165, 1.54) is 43.2 Å². The van der Waals surface area contributed by atoms with Gasteiger partial charge in [0.05, 0.1) is 7.11 Å². The number of hydrogen-bond acceptors (Lipinski definition) is 2. The zero-order valence-electron chi connectivity index (χ0n) is 11.2. The maximum absolute atomic E-state index is 5.50. The smallest absolute Gasteiger partial charge is 0.122 e. The van der Waals surface area contributed by atoms with Crippen molar-refractivity contribution in [3.63, 3.8) is 0 Å². The van der Waals surface area contributed by atoms with Crippen LogP contribution in [0.25, 0.3) is 0 Å². The molecule has 2 nitrogen and oxygen atoms in total. The lowest BCUT2D eigenvalue weighted by molar-refractivity contribution is 0.369. The molecule has 0 radical (unpaired) electrons. The lowest BCUT2D eigenvalue weighted by atomic mass is 9.87. The van der Waals surface area contributed by atoms with Crippen LogP contribution in [0.1, 0.15) is 49.3 Å². The summed E-state index contributed by atoms with van der Waals surface area (Å²) in [7, 11) is 1.78. The molecule has 1 fully saturated rings. The van der Waals surface area contributed by atoms with Crippen molar-refractivity contribution in [3.05, 3.63) is 29.3 Å². The molecule has 1 aliphatic carbocycles. The van der Waals surface area contributed by atoms with Crippen LogP contribution in [0.3, 0.4) is 0 Å². The highest BCUT2D eigenvalue weighted by molar-refractivity contribution is 5.43. The molecule has 18 heavy (non-hydrogen) atoms. The summed E-state index contributed by atoms with van der Waals surface area (Å²) in [5.74, 6) is 2.00. The van der Waals surface area contributed by atoms with Crippen LogP contribution in [0.5, 0.6) is 5.75 Å². The minimum Gasteiger partial charge on any atom is -0.496 e. The maximum atomic E-state index is 5.50. The molecule has 0 amide bonds. The molecule has 0 saturated heterocycles. The van der Waals surface area contributed by atoms with E-state index < -0.39 is 0 Å². The van der Waals surface area contributed by atoms with Gasteiger partial charge in [-0.3, -0.25) is 0 Å². The third kappa shape index (κ3) is 2.26. The second-order valence-electron chi connectivity index (χ2n) is 5.67. The van der Waals surface area contributed by atoms with Gasteiger partial charge in [-0.2, -0.15) is 0 Å². The van der Waals surface area contributed by atoms with E-state index in [2.05, 4.69) is 23.5 Å². The van der Waals surface area contributed by atoms with Gasteiger partial charge in [0, 0.05) is 11.6 Å². The summed E-state index contributed by atoms with van der Waals surface area (Å²) in [6.07, 6.45) is 8.13. The lowest BCUT2D eigenvalue weighted by Gasteiger charge is -2.30. The highest BCUT2D eigenvalue weighted by atomic mass is 16.5. The van der Waals surface area contributed by atoms with Gasteiger partial charge in [-0.15, -0.1) is 0 Å². The predicted molar refractivity (Wildman–Crippen MR) is 74.0 cm³/mol. The average molecular weight is 245 g/mol. The quantitative estimate of drug-likeness (QED) is 0.880. The number of hydrogen-bond donors (Lipinski definition) is 1. The van der Waals surface area contributed by atoms with E-state index in [1.807, 2.05) is 0 Å². The minimum absolute atomic E-state index is 0.548. The van der Waals surface area contributed by atoms with Crippen LogP contribution in [0.4, 0.5) is 0 Å². The number of ether oxygens (including phenoxy) is 1. The van der Waals surface area contributed by atoms with Crippen LogP contribution in [0, 0.1) is 5.92 Å². The summed E-state index contributed by atoms with van der Waals surface area (Å²) in [4.78, 5) is 0. The summed E-state index contributed by atoms with van der Waals surface area (Å²) >= 11 is 0. The first kappa shape index (κ1) is 12.0. The van der Waals surface area contributed by atoms with Crippen molar-refractivity contribution in [1.82, 2.24) is 5.32 Å². The van der Waals surface area contributed by atoms with E-state index >= 15 is 0 Å². The lowest BCUT2D eigenvalue weighted by Crippen LogP contribution is -2.31. The molecular formula is C16H23NO. The Balaban J connectivity index is 1.82. The van der Waals surface area contributed by atoms with E-state index in [0.29, 0.717) is 6.04 Å². The fraction of sp³-hybridized carbons (Fsp3) is 0.625. The molecule has 0 aromatic heterocycles. The van der Waals surface area contributed by atoms with Crippen LogP contribution in [0.15, 0.2) is 18.2 Å².